The second kappa shape index (κ2) is 9.07. The Labute approximate surface area is 252 Å². The second-order valence-electron chi connectivity index (χ2n) is 10.6. The van der Waals surface area contributed by atoms with Gasteiger partial charge in [-0.2, -0.15) is 0 Å². The van der Waals surface area contributed by atoms with Crippen LogP contribution in [-0.2, 0) is 16.9 Å². The molecule has 7 nitrogen and oxygen atoms in total. The molecular weight excluding hydrogens is 589 g/mol. The van der Waals surface area contributed by atoms with Crippen LogP contribution in [0.3, 0.4) is 0 Å². The van der Waals surface area contributed by atoms with Gasteiger partial charge < -0.3 is 9.32 Å². The maximum Gasteiger partial charge on any atom is 0.297 e. The number of carbonyl (C=O) groups excluding carboxylic acids is 2. The van der Waals surface area contributed by atoms with Gasteiger partial charge in [0.25, 0.3) is 11.8 Å². The Bertz CT molecular complexity index is 2260. The summed E-state index contributed by atoms with van der Waals surface area (Å²) in [4.78, 5) is 51.3. The molecule has 210 valence electrons. The minimum absolute atomic E-state index is 0.0435. The summed E-state index contributed by atoms with van der Waals surface area (Å²) in [6, 6.07) is 23.5. The minimum Gasteiger partial charge on any atom is -0.450 e. The Morgan fingerprint density at radius 1 is 0.977 bits per heavy atom. The Kier molecular flexibility index (Phi) is 5.44. The molecule has 0 bridgehead atoms. The molecule has 1 unspecified atom stereocenters. The van der Waals surface area contributed by atoms with Crippen LogP contribution in [-0.4, -0.2) is 16.8 Å². The lowest BCUT2D eigenvalue weighted by Gasteiger charge is -2.32. The topological polar surface area (TPSA) is 83.7 Å². The predicted molar refractivity (Wildman–Crippen MR) is 163 cm³/mol. The molecule has 1 atom stereocenters. The van der Waals surface area contributed by atoms with E-state index in [2.05, 4.69) is 0 Å². The molecule has 2 aromatic heterocycles. The highest BCUT2D eigenvalue weighted by Crippen LogP contribution is 2.55. The first-order valence-corrected chi connectivity index (χ1v) is 14.6. The zero-order chi connectivity index (χ0) is 29.6. The lowest BCUT2D eigenvalue weighted by molar-refractivity contribution is -0.121. The van der Waals surface area contributed by atoms with E-state index >= 15 is 4.79 Å². The van der Waals surface area contributed by atoms with Crippen LogP contribution in [0, 0.1) is 12.7 Å². The number of anilines is 2. The number of fused-ring (bicyclic) bond motifs is 6. The van der Waals surface area contributed by atoms with Crippen LogP contribution in [0.5, 0.6) is 0 Å². The number of thiazole rings is 1. The van der Waals surface area contributed by atoms with Gasteiger partial charge in [0.15, 0.2) is 16.1 Å². The van der Waals surface area contributed by atoms with E-state index in [1.54, 1.807) is 47.4 Å². The summed E-state index contributed by atoms with van der Waals surface area (Å²) in [6.07, 6.45) is 0. The molecule has 0 aliphatic carbocycles. The molecule has 4 aromatic carbocycles. The van der Waals surface area contributed by atoms with E-state index in [4.69, 9.17) is 21.0 Å². The summed E-state index contributed by atoms with van der Waals surface area (Å²) in [7, 11) is 0. The molecule has 2 aliphatic rings. The molecule has 0 N–H and O–H groups in total. The maximum atomic E-state index is 15.0. The van der Waals surface area contributed by atoms with E-state index in [9.17, 15) is 14.0 Å². The minimum atomic E-state index is -1.94. The fraction of sp³-hybridized carbons (Fsp3) is 0.0909. The van der Waals surface area contributed by atoms with Gasteiger partial charge in [0, 0.05) is 10.6 Å². The average molecular weight is 608 g/mol. The Balaban J connectivity index is 1.46. The first kappa shape index (κ1) is 25.8. The SMILES string of the molecule is Cc1cccc(CN2C(=O)C3(c4ccccc42)c2c(oc4ccc(F)cc4c2=O)C(=O)N3c2nc3ccc(Cl)cc3s2)c1. The molecule has 1 spiro atoms. The van der Waals surface area contributed by atoms with Gasteiger partial charge in [-0.3, -0.25) is 19.3 Å². The summed E-state index contributed by atoms with van der Waals surface area (Å²) in [5.74, 6) is -2.12. The maximum absolute atomic E-state index is 15.0. The summed E-state index contributed by atoms with van der Waals surface area (Å²) in [5, 5.41) is 0.625. The Hall–Kier alpha value is -4.86. The summed E-state index contributed by atoms with van der Waals surface area (Å²) in [5.41, 5.74) is 0.741. The lowest BCUT2D eigenvalue weighted by atomic mass is 9.84. The van der Waals surface area contributed by atoms with Crippen molar-refractivity contribution in [2.45, 2.75) is 19.0 Å². The second-order valence-corrected chi connectivity index (χ2v) is 12.1. The summed E-state index contributed by atoms with van der Waals surface area (Å²) >= 11 is 7.43. The van der Waals surface area contributed by atoms with Crippen molar-refractivity contribution < 1.29 is 18.4 Å². The van der Waals surface area contributed by atoms with Crippen molar-refractivity contribution in [1.29, 1.82) is 0 Å². The number of hydrogen-bond donors (Lipinski definition) is 0. The fourth-order valence-electron chi connectivity index (χ4n) is 6.27. The first-order chi connectivity index (χ1) is 20.8. The number of aryl methyl sites for hydroxylation is 1. The quantitative estimate of drug-likeness (QED) is 0.217. The molecule has 2 aliphatic heterocycles. The number of carbonyl (C=O) groups is 2. The van der Waals surface area contributed by atoms with Crippen LogP contribution in [0.4, 0.5) is 15.2 Å². The van der Waals surface area contributed by atoms with Crippen molar-refractivity contribution >= 4 is 66.8 Å². The number of rotatable bonds is 3. The molecule has 10 heteroatoms. The number of nitrogens with zero attached hydrogens (tertiary/aromatic N) is 3. The van der Waals surface area contributed by atoms with Crippen LogP contribution in [0.25, 0.3) is 21.2 Å². The van der Waals surface area contributed by atoms with Gasteiger partial charge in [0.2, 0.25) is 5.76 Å². The first-order valence-electron chi connectivity index (χ1n) is 13.4. The fourth-order valence-corrected chi connectivity index (χ4v) is 7.56. The number of halogens is 2. The van der Waals surface area contributed by atoms with Crippen LogP contribution in [0.2, 0.25) is 5.02 Å². The number of benzene rings is 4. The zero-order valence-corrected chi connectivity index (χ0v) is 24.0. The van der Waals surface area contributed by atoms with E-state index < -0.39 is 28.6 Å². The van der Waals surface area contributed by atoms with E-state index in [1.807, 2.05) is 31.2 Å². The highest BCUT2D eigenvalue weighted by Gasteiger charge is 2.66. The smallest absolute Gasteiger partial charge is 0.297 e. The van der Waals surface area contributed by atoms with Gasteiger partial charge >= 0.3 is 0 Å². The van der Waals surface area contributed by atoms with Crippen LogP contribution in [0.15, 0.2) is 94.1 Å². The zero-order valence-electron chi connectivity index (χ0n) is 22.4. The molecular formula is C33H19ClFN3O4S. The van der Waals surface area contributed by atoms with Crippen molar-refractivity contribution in [2.75, 3.05) is 9.80 Å². The molecule has 43 heavy (non-hydrogen) atoms. The number of amides is 2. The van der Waals surface area contributed by atoms with Gasteiger partial charge in [0.1, 0.15) is 11.4 Å². The Morgan fingerprint density at radius 3 is 2.65 bits per heavy atom. The van der Waals surface area contributed by atoms with Crippen molar-refractivity contribution in [3.8, 4) is 0 Å². The van der Waals surface area contributed by atoms with Gasteiger partial charge in [-0.05, 0) is 55.0 Å². The predicted octanol–water partition coefficient (Wildman–Crippen LogP) is 6.95. The van der Waals surface area contributed by atoms with Gasteiger partial charge in [-0.1, -0.05) is 71.0 Å². The lowest BCUT2D eigenvalue weighted by Crippen LogP contribution is -2.53. The normalized spacial score (nSPS) is 17.5. The standard InChI is InChI=1S/C33H19ClFN3O4S/c1-17-5-4-6-18(13-17)16-37-24-8-3-2-7-22(24)33(31(37)41)27-28(39)21-15-20(35)10-12-25(21)42-29(27)30(40)38(33)32-36-23-11-9-19(34)14-26(23)43-32/h2-15H,16H2,1H3. The van der Waals surface area contributed by atoms with Crippen molar-refractivity contribution in [2.24, 2.45) is 0 Å². The molecule has 8 rings (SSSR count). The molecule has 4 heterocycles. The van der Waals surface area contributed by atoms with Crippen LogP contribution in [0.1, 0.15) is 32.8 Å². The van der Waals surface area contributed by atoms with Crippen LogP contribution < -0.4 is 15.2 Å². The summed E-state index contributed by atoms with van der Waals surface area (Å²) in [6.45, 7) is 2.16. The molecule has 0 saturated carbocycles. The molecule has 0 saturated heterocycles. The van der Waals surface area contributed by atoms with Crippen molar-refractivity contribution in [1.82, 2.24) is 4.98 Å². The number of aromatic nitrogens is 1. The van der Waals surface area contributed by atoms with Crippen molar-refractivity contribution in [3.05, 3.63) is 134 Å². The summed E-state index contributed by atoms with van der Waals surface area (Å²) < 4.78 is 21.1. The Morgan fingerprint density at radius 2 is 1.81 bits per heavy atom. The highest BCUT2D eigenvalue weighted by molar-refractivity contribution is 7.22. The molecule has 0 fully saturated rings. The molecule has 6 aromatic rings. The monoisotopic (exact) mass is 607 g/mol. The highest BCUT2D eigenvalue weighted by atomic mass is 35.5. The van der Waals surface area contributed by atoms with E-state index in [1.165, 1.54) is 22.3 Å². The van der Waals surface area contributed by atoms with Gasteiger partial charge in [-0.15, -0.1) is 0 Å². The van der Waals surface area contributed by atoms with E-state index in [0.29, 0.717) is 26.5 Å². The average Bonchev–Trinajstić information content (AvgIpc) is 3.59. The van der Waals surface area contributed by atoms with E-state index in [-0.39, 0.29) is 34.0 Å². The third-order valence-electron chi connectivity index (χ3n) is 8.04. The number of hydrogen-bond acceptors (Lipinski definition) is 6. The third-order valence-corrected chi connectivity index (χ3v) is 9.28. The number of para-hydroxylation sites is 1. The van der Waals surface area contributed by atoms with Crippen molar-refractivity contribution in [3.63, 3.8) is 0 Å². The molecule has 2 amide bonds. The largest absolute Gasteiger partial charge is 0.450 e. The van der Waals surface area contributed by atoms with Gasteiger partial charge in [-0.25, -0.2) is 9.37 Å². The van der Waals surface area contributed by atoms with E-state index in [0.717, 1.165) is 23.3 Å². The molecule has 0 radical (unpaired) electrons. The van der Waals surface area contributed by atoms with Gasteiger partial charge in [0.05, 0.1) is 33.4 Å². The van der Waals surface area contributed by atoms with Crippen LogP contribution >= 0.6 is 22.9 Å². The third kappa shape index (κ3) is 3.52.